The zero-order chi connectivity index (χ0) is 30.1. The van der Waals surface area contributed by atoms with Gasteiger partial charge in [-0.3, -0.25) is 14.6 Å². The first kappa shape index (κ1) is 29.2. The van der Waals surface area contributed by atoms with Gasteiger partial charge in [-0.25, -0.2) is 0 Å². The number of amides is 2. The summed E-state index contributed by atoms with van der Waals surface area (Å²) >= 11 is 0. The van der Waals surface area contributed by atoms with Crippen LogP contribution in [0.4, 0.5) is 37.7 Å². The molecule has 0 spiro atoms. The predicted octanol–water partition coefficient (Wildman–Crippen LogP) is 5.04. The average Bonchev–Trinajstić information content (AvgIpc) is 3.00. The maximum atomic E-state index is 13.1. The van der Waals surface area contributed by atoms with Crippen LogP contribution in [0, 0.1) is 0 Å². The van der Waals surface area contributed by atoms with Crippen LogP contribution in [0.5, 0.6) is 0 Å². The van der Waals surface area contributed by atoms with E-state index in [9.17, 15) is 35.9 Å². The van der Waals surface area contributed by atoms with Crippen LogP contribution >= 0.6 is 0 Å². The molecule has 222 valence electrons. The summed E-state index contributed by atoms with van der Waals surface area (Å²) in [7, 11) is 0. The Hall–Kier alpha value is -4.29. The maximum absolute atomic E-state index is 13.1. The molecule has 0 N–H and O–H groups in total. The fraction of sp³-hybridized carbons (Fsp3) is 0.345. The number of hydrogen-bond acceptors (Lipinski definition) is 5. The summed E-state index contributed by atoms with van der Waals surface area (Å²) in [5.74, 6) is -0.632. The second-order valence-electron chi connectivity index (χ2n) is 10.1. The molecule has 3 aromatic rings. The molecule has 2 aromatic carbocycles. The van der Waals surface area contributed by atoms with Crippen LogP contribution in [0.1, 0.15) is 32.0 Å². The summed E-state index contributed by atoms with van der Waals surface area (Å²) < 4.78 is 78.4. The number of rotatable bonds is 4. The number of piperazine rings is 2. The van der Waals surface area contributed by atoms with Gasteiger partial charge in [0.05, 0.1) is 16.7 Å². The molecule has 0 aliphatic carbocycles. The van der Waals surface area contributed by atoms with E-state index in [4.69, 9.17) is 0 Å². The number of anilines is 2. The molecule has 7 nitrogen and oxygen atoms in total. The highest BCUT2D eigenvalue weighted by Crippen LogP contribution is 2.33. The molecule has 2 aliphatic heterocycles. The van der Waals surface area contributed by atoms with E-state index in [1.54, 1.807) is 31.7 Å². The Labute approximate surface area is 237 Å². The first-order valence-corrected chi connectivity index (χ1v) is 13.3. The summed E-state index contributed by atoms with van der Waals surface area (Å²) in [4.78, 5) is 36.9. The molecule has 2 fully saturated rings. The maximum Gasteiger partial charge on any atom is 0.416 e. The van der Waals surface area contributed by atoms with Crippen LogP contribution in [0.25, 0.3) is 0 Å². The van der Waals surface area contributed by atoms with E-state index in [0.717, 1.165) is 24.3 Å². The molecular formula is C29H27F6N5O2. The van der Waals surface area contributed by atoms with E-state index in [-0.39, 0.29) is 23.1 Å². The van der Waals surface area contributed by atoms with Gasteiger partial charge >= 0.3 is 12.4 Å². The van der Waals surface area contributed by atoms with Crippen molar-refractivity contribution in [2.75, 3.05) is 62.2 Å². The second-order valence-corrected chi connectivity index (χ2v) is 10.1. The molecule has 0 saturated carbocycles. The van der Waals surface area contributed by atoms with Crippen molar-refractivity contribution in [1.82, 2.24) is 14.8 Å². The van der Waals surface area contributed by atoms with Crippen molar-refractivity contribution in [3.63, 3.8) is 0 Å². The fourth-order valence-corrected chi connectivity index (χ4v) is 5.08. The number of alkyl halides is 6. The fourth-order valence-electron chi connectivity index (χ4n) is 5.08. The Morgan fingerprint density at radius 3 is 1.45 bits per heavy atom. The lowest BCUT2D eigenvalue weighted by atomic mass is 10.1. The van der Waals surface area contributed by atoms with Gasteiger partial charge in [-0.15, -0.1) is 0 Å². The van der Waals surface area contributed by atoms with Gasteiger partial charge in [0.2, 0.25) is 0 Å². The zero-order valence-electron chi connectivity index (χ0n) is 22.3. The lowest BCUT2D eigenvalue weighted by Gasteiger charge is -2.36. The lowest BCUT2D eigenvalue weighted by Crippen LogP contribution is -2.49. The van der Waals surface area contributed by atoms with Crippen LogP contribution in [0.15, 0.2) is 66.9 Å². The SMILES string of the molecule is O=C(c1ccc(C(=O)N2CCN(c3cccc(C(F)(F)F)c3)CC2)nc1)N1CCN(c2cccc(C(F)(F)F)c2)CC1. The van der Waals surface area contributed by atoms with Gasteiger partial charge in [0, 0.05) is 69.9 Å². The average molecular weight is 592 g/mol. The molecule has 0 unspecified atom stereocenters. The number of nitrogens with zero attached hydrogens (tertiary/aromatic N) is 5. The highest BCUT2D eigenvalue weighted by Gasteiger charge is 2.33. The third kappa shape index (κ3) is 6.44. The number of pyridine rings is 1. The van der Waals surface area contributed by atoms with Crippen molar-refractivity contribution in [1.29, 1.82) is 0 Å². The quantitative estimate of drug-likeness (QED) is 0.398. The lowest BCUT2D eigenvalue weighted by molar-refractivity contribution is -0.138. The third-order valence-corrected chi connectivity index (χ3v) is 7.44. The molecule has 3 heterocycles. The third-order valence-electron chi connectivity index (χ3n) is 7.44. The molecule has 42 heavy (non-hydrogen) atoms. The number of benzene rings is 2. The van der Waals surface area contributed by atoms with E-state index >= 15 is 0 Å². The van der Waals surface area contributed by atoms with Gasteiger partial charge in [-0.05, 0) is 48.5 Å². The molecule has 2 saturated heterocycles. The van der Waals surface area contributed by atoms with Crippen molar-refractivity contribution in [2.45, 2.75) is 12.4 Å². The van der Waals surface area contributed by atoms with E-state index in [1.807, 2.05) is 0 Å². The highest BCUT2D eigenvalue weighted by atomic mass is 19.4. The minimum atomic E-state index is -4.44. The Bertz CT molecular complexity index is 1320. The molecule has 0 radical (unpaired) electrons. The number of aromatic nitrogens is 1. The van der Waals surface area contributed by atoms with Crippen molar-refractivity contribution >= 4 is 23.2 Å². The highest BCUT2D eigenvalue weighted by molar-refractivity contribution is 5.96. The topological polar surface area (TPSA) is 60.0 Å². The van der Waals surface area contributed by atoms with Crippen molar-refractivity contribution in [2.24, 2.45) is 0 Å². The summed E-state index contributed by atoms with van der Waals surface area (Å²) in [6.45, 7) is 2.66. The van der Waals surface area contributed by atoms with Gasteiger partial charge in [-0.2, -0.15) is 26.3 Å². The Morgan fingerprint density at radius 2 is 1.05 bits per heavy atom. The van der Waals surface area contributed by atoms with Gasteiger partial charge in [0.15, 0.2) is 0 Å². The number of carbonyl (C=O) groups is 2. The van der Waals surface area contributed by atoms with Crippen LogP contribution in [0.2, 0.25) is 0 Å². The van der Waals surface area contributed by atoms with Crippen molar-refractivity contribution in [3.8, 4) is 0 Å². The Morgan fingerprint density at radius 1 is 0.595 bits per heavy atom. The summed E-state index contributed by atoms with van der Waals surface area (Å²) in [5.41, 5.74) is -0.140. The van der Waals surface area contributed by atoms with E-state index < -0.39 is 23.5 Å². The minimum Gasteiger partial charge on any atom is -0.368 e. The summed E-state index contributed by atoms with van der Waals surface area (Å²) in [6.07, 6.45) is -7.55. The summed E-state index contributed by atoms with van der Waals surface area (Å²) in [5, 5.41) is 0. The summed E-state index contributed by atoms with van der Waals surface area (Å²) in [6, 6.07) is 13.2. The number of hydrogen-bond donors (Lipinski definition) is 0. The Balaban J connectivity index is 1.14. The monoisotopic (exact) mass is 591 g/mol. The van der Waals surface area contributed by atoms with Crippen LogP contribution in [0.3, 0.4) is 0 Å². The standard InChI is InChI=1S/C29H27F6N5O2/c30-28(31,32)21-3-1-5-23(17-21)37-9-13-39(14-10-37)26(41)20-7-8-25(36-19-20)27(42)40-15-11-38(12-16-40)24-6-2-4-22(18-24)29(33,34)35/h1-8,17-19H,9-16H2. The molecular weight excluding hydrogens is 564 g/mol. The molecule has 5 rings (SSSR count). The van der Waals surface area contributed by atoms with Crippen molar-refractivity contribution in [3.05, 3.63) is 89.2 Å². The Kier molecular flexibility index (Phi) is 8.02. The number of halogens is 6. The molecule has 2 aliphatic rings. The van der Waals surface area contributed by atoms with Crippen molar-refractivity contribution < 1.29 is 35.9 Å². The van der Waals surface area contributed by atoms with Gasteiger partial charge in [-0.1, -0.05) is 12.1 Å². The predicted molar refractivity (Wildman–Crippen MR) is 143 cm³/mol. The molecule has 13 heteroatoms. The van der Waals surface area contributed by atoms with E-state index in [0.29, 0.717) is 63.7 Å². The second kappa shape index (κ2) is 11.5. The van der Waals surface area contributed by atoms with Crippen LogP contribution in [-0.4, -0.2) is 79.0 Å². The van der Waals surface area contributed by atoms with Crippen LogP contribution in [-0.2, 0) is 12.4 Å². The normalized spacial score (nSPS) is 16.5. The smallest absolute Gasteiger partial charge is 0.368 e. The molecule has 0 bridgehead atoms. The molecule has 0 atom stereocenters. The molecule has 1 aromatic heterocycles. The largest absolute Gasteiger partial charge is 0.416 e. The van der Waals surface area contributed by atoms with E-state index in [2.05, 4.69) is 4.98 Å². The van der Waals surface area contributed by atoms with E-state index in [1.165, 1.54) is 30.5 Å². The first-order valence-electron chi connectivity index (χ1n) is 13.3. The zero-order valence-corrected chi connectivity index (χ0v) is 22.3. The van der Waals surface area contributed by atoms with Crippen LogP contribution < -0.4 is 9.80 Å². The number of carbonyl (C=O) groups excluding carboxylic acids is 2. The van der Waals surface area contributed by atoms with Gasteiger partial charge < -0.3 is 19.6 Å². The van der Waals surface area contributed by atoms with Gasteiger partial charge in [0.1, 0.15) is 5.69 Å². The minimum absolute atomic E-state index is 0.147. The van der Waals surface area contributed by atoms with Gasteiger partial charge in [0.25, 0.3) is 11.8 Å². The first-order chi connectivity index (χ1) is 19.9. The molecule has 2 amide bonds.